The van der Waals surface area contributed by atoms with Gasteiger partial charge in [-0.05, 0) is 24.6 Å². The number of hydrogen-bond acceptors (Lipinski definition) is 4. The van der Waals surface area contributed by atoms with Crippen molar-refractivity contribution >= 4 is 34.5 Å². The summed E-state index contributed by atoms with van der Waals surface area (Å²) in [4.78, 5) is 16.5. The molecule has 4 nitrogen and oxygen atoms in total. The van der Waals surface area contributed by atoms with Crippen LogP contribution in [0.5, 0.6) is 0 Å². The van der Waals surface area contributed by atoms with E-state index in [2.05, 4.69) is 17.2 Å². The number of anilines is 1. The van der Waals surface area contributed by atoms with Crippen LogP contribution in [0.3, 0.4) is 0 Å². The minimum atomic E-state index is -0.522. The van der Waals surface area contributed by atoms with Crippen molar-refractivity contribution in [1.29, 1.82) is 0 Å². The quantitative estimate of drug-likeness (QED) is 0.891. The Kier molecular flexibility index (Phi) is 4.39. The van der Waals surface area contributed by atoms with Gasteiger partial charge in [-0.1, -0.05) is 18.5 Å². The molecule has 0 spiro atoms. The van der Waals surface area contributed by atoms with Crippen LogP contribution in [0.2, 0.25) is 5.02 Å². The molecule has 1 aromatic carbocycles. The number of amides is 1. The molecule has 2 aromatic rings. The third kappa shape index (κ3) is 3.45. The first-order valence-corrected chi connectivity index (χ1v) is 7.06. The van der Waals surface area contributed by atoms with Crippen LogP contribution in [0.15, 0.2) is 24.4 Å². The third-order valence-corrected chi connectivity index (χ3v) is 4.06. The molecule has 0 aliphatic carbocycles. The van der Waals surface area contributed by atoms with Crippen LogP contribution in [0.4, 0.5) is 5.69 Å². The lowest BCUT2D eigenvalue weighted by molar-refractivity contribution is 0.100. The Labute approximate surface area is 120 Å². The molecule has 0 bridgehead atoms. The molecule has 19 heavy (non-hydrogen) atoms. The van der Waals surface area contributed by atoms with E-state index in [1.54, 1.807) is 29.5 Å². The molecule has 100 valence electrons. The van der Waals surface area contributed by atoms with Gasteiger partial charge in [0.1, 0.15) is 0 Å². The van der Waals surface area contributed by atoms with Crippen molar-refractivity contribution in [2.24, 2.45) is 5.73 Å². The zero-order valence-electron chi connectivity index (χ0n) is 10.4. The van der Waals surface area contributed by atoms with E-state index in [9.17, 15) is 4.79 Å². The average molecular weight is 296 g/mol. The second-order valence-electron chi connectivity index (χ2n) is 3.99. The molecule has 0 saturated carbocycles. The molecule has 6 heteroatoms. The number of thiazole rings is 1. The summed E-state index contributed by atoms with van der Waals surface area (Å²) in [5.41, 5.74) is 6.38. The lowest BCUT2D eigenvalue weighted by Crippen LogP contribution is -2.11. The predicted octanol–water partition coefficient (Wildman–Crippen LogP) is 3.07. The fourth-order valence-corrected chi connectivity index (χ4v) is 2.68. The molecule has 0 aliphatic heterocycles. The van der Waals surface area contributed by atoms with Gasteiger partial charge in [0.2, 0.25) is 5.91 Å². The van der Waals surface area contributed by atoms with E-state index in [0.29, 0.717) is 17.1 Å². The third-order valence-electron chi connectivity index (χ3n) is 2.61. The highest BCUT2D eigenvalue weighted by Gasteiger charge is 2.07. The maximum atomic E-state index is 11.1. The summed E-state index contributed by atoms with van der Waals surface area (Å²) in [5, 5.41) is 4.72. The van der Waals surface area contributed by atoms with Crippen LogP contribution < -0.4 is 11.1 Å². The lowest BCUT2D eigenvalue weighted by atomic mass is 10.2. The van der Waals surface area contributed by atoms with E-state index in [1.807, 2.05) is 6.20 Å². The summed E-state index contributed by atoms with van der Waals surface area (Å²) in [7, 11) is 0. The van der Waals surface area contributed by atoms with Gasteiger partial charge in [-0.15, -0.1) is 11.3 Å². The van der Waals surface area contributed by atoms with Crippen molar-refractivity contribution < 1.29 is 4.79 Å². The van der Waals surface area contributed by atoms with E-state index < -0.39 is 5.91 Å². The number of halogens is 1. The van der Waals surface area contributed by atoms with Crippen LogP contribution in [0.1, 0.15) is 27.2 Å². The van der Waals surface area contributed by atoms with Gasteiger partial charge in [-0.2, -0.15) is 0 Å². The molecule has 0 fully saturated rings. The number of nitrogens with two attached hydrogens (primary N) is 1. The number of aryl methyl sites for hydroxylation is 1. The molecule has 0 radical (unpaired) electrons. The van der Waals surface area contributed by atoms with Crippen molar-refractivity contribution in [2.75, 3.05) is 5.32 Å². The summed E-state index contributed by atoms with van der Waals surface area (Å²) in [6.45, 7) is 2.77. The minimum Gasteiger partial charge on any atom is -0.380 e. The Morgan fingerprint density at radius 2 is 2.32 bits per heavy atom. The van der Waals surface area contributed by atoms with Gasteiger partial charge >= 0.3 is 0 Å². The highest BCUT2D eigenvalue weighted by atomic mass is 35.5. The van der Waals surface area contributed by atoms with E-state index >= 15 is 0 Å². The highest BCUT2D eigenvalue weighted by Crippen LogP contribution is 2.22. The number of carbonyl (C=O) groups excluding carboxylic acids is 1. The Balaban J connectivity index is 2.03. The minimum absolute atomic E-state index is 0.332. The molecule has 1 aromatic heterocycles. The van der Waals surface area contributed by atoms with Crippen LogP contribution in [-0.4, -0.2) is 10.9 Å². The van der Waals surface area contributed by atoms with E-state index in [-0.39, 0.29) is 0 Å². The van der Waals surface area contributed by atoms with Crippen LogP contribution in [0.25, 0.3) is 0 Å². The fourth-order valence-electron chi connectivity index (χ4n) is 1.61. The second-order valence-corrected chi connectivity index (χ2v) is 5.59. The zero-order chi connectivity index (χ0) is 13.8. The van der Waals surface area contributed by atoms with Crippen molar-refractivity contribution in [3.63, 3.8) is 0 Å². The standard InChI is InChI=1S/C13H14ClN3OS/c1-2-12-17-7-9(19-12)6-16-8-3-4-10(13(15)18)11(14)5-8/h3-5,7,16H,2,6H2,1H3,(H2,15,18). The number of primary amides is 1. The first-order chi connectivity index (χ1) is 9.10. The Hall–Kier alpha value is -1.59. The fraction of sp³-hybridized carbons (Fsp3) is 0.231. The first-order valence-electron chi connectivity index (χ1n) is 5.87. The van der Waals surface area contributed by atoms with Gasteiger partial charge in [0.25, 0.3) is 0 Å². The van der Waals surface area contributed by atoms with Crippen molar-refractivity contribution in [3.05, 3.63) is 44.9 Å². The zero-order valence-corrected chi connectivity index (χ0v) is 12.0. The molecule has 0 unspecified atom stereocenters. The summed E-state index contributed by atoms with van der Waals surface area (Å²) in [5.74, 6) is -0.522. The molecule has 1 amide bonds. The van der Waals surface area contributed by atoms with Crippen molar-refractivity contribution in [2.45, 2.75) is 19.9 Å². The van der Waals surface area contributed by atoms with Crippen molar-refractivity contribution in [3.8, 4) is 0 Å². The van der Waals surface area contributed by atoms with Crippen molar-refractivity contribution in [1.82, 2.24) is 4.98 Å². The van der Waals surface area contributed by atoms with Gasteiger partial charge in [-0.3, -0.25) is 4.79 Å². The molecule has 3 N–H and O–H groups in total. The topological polar surface area (TPSA) is 68.0 Å². The monoisotopic (exact) mass is 295 g/mol. The molecule has 0 saturated heterocycles. The van der Waals surface area contributed by atoms with E-state index in [1.165, 1.54) is 0 Å². The van der Waals surface area contributed by atoms with E-state index in [0.717, 1.165) is 22.0 Å². The van der Waals surface area contributed by atoms with Crippen LogP contribution in [0, 0.1) is 0 Å². The van der Waals surface area contributed by atoms with Gasteiger partial charge in [0.15, 0.2) is 0 Å². The molecule has 1 heterocycles. The number of aromatic nitrogens is 1. The predicted molar refractivity (Wildman–Crippen MR) is 78.8 cm³/mol. The summed E-state index contributed by atoms with van der Waals surface area (Å²) in [6.07, 6.45) is 2.82. The maximum Gasteiger partial charge on any atom is 0.250 e. The SMILES string of the molecule is CCc1ncc(CNc2ccc(C(N)=O)c(Cl)c2)s1. The summed E-state index contributed by atoms with van der Waals surface area (Å²) >= 11 is 7.67. The molecule has 2 rings (SSSR count). The normalized spacial score (nSPS) is 10.4. The lowest BCUT2D eigenvalue weighted by Gasteiger charge is -2.06. The Bertz CT molecular complexity index is 597. The number of nitrogens with one attached hydrogen (secondary N) is 1. The summed E-state index contributed by atoms with van der Waals surface area (Å²) in [6, 6.07) is 5.11. The number of hydrogen-bond donors (Lipinski definition) is 2. The van der Waals surface area contributed by atoms with E-state index in [4.69, 9.17) is 17.3 Å². The van der Waals surface area contributed by atoms with Gasteiger partial charge in [0.05, 0.1) is 22.1 Å². The second kappa shape index (κ2) is 6.04. The molecular weight excluding hydrogens is 282 g/mol. The first kappa shape index (κ1) is 13.8. The summed E-state index contributed by atoms with van der Waals surface area (Å²) < 4.78 is 0. The van der Waals surface area contributed by atoms with Crippen LogP contribution >= 0.6 is 22.9 Å². The number of benzene rings is 1. The Morgan fingerprint density at radius 1 is 1.53 bits per heavy atom. The van der Waals surface area contributed by atoms with Gasteiger partial charge < -0.3 is 11.1 Å². The van der Waals surface area contributed by atoms with Gasteiger partial charge in [0, 0.05) is 16.8 Å². The number of rotatable bonds is 5. The molecular formula is C13H14ClN3OS. The molecule has 0 atom stereocenters. The number of carbonyl (C=O) groups is 1. The van der Waals surface area contributed by atoms with Gasteiger partial charge in [-0.25, -0.2) is 4.98 Å². The molecule has 0 aliphatic rings. The number of nitrogens with zero attached hydrogens (tertiary/aromatic N) is 1. The van der Waals surface area contributed by atoms with Crippen LogP contribution in [-0.2, 0) is 13.0 Å². The Morgan fingerprint density at radius 3 is 2.89 bits per heavy atom. The highest BCUT2D eigenvalue weighted by molar-refractivity contribution is 7.11. The smallest absolute Gasteiger partial charge is 0.250 e. The average Bonchev–Trinajstić information content (AvgIpc) is 2.84. The largest absolute Gasteiger partial charge is 0.380 e. The maximum absolute atomic E-state index is 11.1.